The molecule has 0 aliphatic carbocycles. The van der Waals surface area contributed by atoms with Crippen molar-refractivity contribution in [1.82, 2.24) is 15.3 Å². The molecule has 0 unspecified atom stereocenters. The van der Waals surface area contributed by atoms with E-state index in [0.29, 0.717) is 30.3 Å². The largest absolute Gasteiger partial charge is 0.350 e. The second kappa shape index (κ2) is 8.82. The molecule has 1 amide bonds. The van der Waals surface area contributed by atoms with Gasteiger partial charge in [-0.1, -0.05) is 29.8 Å². The van der Waals surface area contributed by atoms with Crippen LogP contribution in [0.25, 0.3) is 0 Å². The van der Waals surface area contributed by atoms with E-state index in [4.69, 9.17) is 0 Å². The number of halogens is 1. The van der Waals surface area contributed by atoms with Crippen LogP contribution in [0.1, 0.15) is 38.4 Å². The molecule has 6 heteroatoms. The fraction of sp³-hybridized carbons (Fsp3) is 0.261. The molecule has 2 aromatic carbocycles. The topological polar surface area (TPSA) is 66.9 Å². The van der Waals surface area contributed by atoms with Gasteiger partial charge in [0.1, 0.15) is 11.5 Å². The van der Waals surface area contributed by atoms with E-state index >= 15 is 0 Å². The first-order valence-corrected chi connectivity index (χ1v) is 9.55. The average molecular weight is 392 g/mol. The van der Waals surface area contributed by atoms with Crippen molar-refractivity contribution in [2.45, 2.75) is 34.1 Å². The van der Waals surface area contributed by atoms with Crippen molar-refractivity contribution in [3.05, 3.63) is 81.9 Å². The van der Waals surface area contributed by atoms with Crippen LogP contribution >= 0.6 is 0 Å². The normalized spacial score (nSPS) is 10.7. The Bertz CT molecular complexity index is 1010. The lowest BCUT2D eigenvalue weighted by Crippen LogP contribution is -2.27. The number of carbonyl (C=O) groups excluding carboxylic acids is 1. The predicted octanol–water partition coefficient (Wildman–Crippen LogP) is 4.57. The van der Waals surface area contributed by atoms with Crippen LogP contribution in [-0.2, 0) is 6.42 Å². The highest BCUT2D eigenvalue weighted by atomic mass is 19.1. The maximum atomic E-state index is 13.0. The van der Waals surface area contributed by atoms with Crippen molar-refractivity contribution in [2.24, 2.45) is 0 Å². The van der Waals surface area contributed by atoms with Gasteiger partial charge < -0.3 is 10.6 Å². The fourth-order valence-electron chi connectivity index (χ4n) is 3.29. The van der Waals surface area contributed by atoms with Crippen LogP contribution in [-0.4, -0.2) is 22.4 Å². The molecule has 1 heterocycles. The van der Waals surface area contributed by atoms with Crippen LogP contribution in [0.2, 0.25) is 0 Å². The SMILES string of the molecule is Cc1cc(C)c(Nc2nc(C)cc(C(=O)NCCc3ccc(F)cc3)n2)c(C)c1. The lowest BCUT2D eigenvalue weighted by molar-refractivity contribution is 0.0949. The summed E-state index contributed by atoms with van der Waals surface area (Å²) in [6.45, 7) is 8.38. The summed E-state index contributed by atoms with van der Waals surface area (Å²) in [5.74, 6) is -0.143. The van der Waals surface area contributed by atoms with Gasteiger partial charge in [0, 0.05) is 17.9 Å². The quantitative estimate of drug-likeness (QED) is 0.645. The zero-order valence-electron chi connectivity index (χ0n) is 17.1. The smallest absolute Gasteiger partial charge is 0.270 e. The number of nitrogens with zero attached hydrogens (tertiary/aromatic N) is 2. The lowest BCUT2D eigenvalue weighted by atomic mass is 10.1. The molecular formula is C23H25FN4O. The minimum Gasteiger partial charge on any atom is -0.350 e. The van der Waals surface area contributed by atoms with Crippen LogP contribution in [0.5, 0.6) is 0 Å². The first-order chi connectivity index (χ1) is 13.8. The van der Waals surface area contributed by atoms with E-state index < -0.39 is 0 Å². The Morgan fingerprint density at radius 2 is 1.62 bits per heavy atom. The zero-order valence-corrected chi connectivity index (χ0v) is 17.1. The molecule has 1 aromatic heterocycles. The molecule has 0 saturated carbocycles. The molecule has 0 fully saturated rings. The summed E-state index contributed by atoms with van der Waals surface area (Å²) >= 11 is 0. The molecule has 2 N–H and O–H groups in total. The molecule has 3 rings (SSSR count). The Labute approximate surface area is 170 Å². The highest BCUT2D eigenvalue weighted by molar-refractivity contribution is 5.92. The van der Waals surface area contributed by atoms with Gasteiger partial charge in [-0.3, -0.25) is 4.79 Å². The fourth-order valence-corrected chi connectivity index (χ4v) is 3.29. The van der Waals surface area contributed by atoms with Gasteiger partial charge >= 0.3 is 0 Å². The van der Waals surface area contributed by atoms with Gasteiger partial charge in [0.25, 0.3) is 5.91 Å². The molecule has 0 radical (unpaired) electrons. The number of hydrogen-bond acceptors (Lipinski definition) is 4. The van der Waals surface area contributed by atoms with Crippen LogP contribution in [0.3, 0.4) is 0 Å². The van der Waals surface area contributed by atoms with Gasteiger partial charge in [-0.2, -0.15) is 0 Å². The van der Waals surface area contributed by atoms with Crippen LogP contribution < -0.4 is 10.6 Å². The second-order valence-corrected chi connectivity index (χ2v) is 7.25. The molecule has 0 spiro atoms. The van der Waals surface area contributed by atoms with Crippen molar-refractivity contribution >= 4 is 17.5 Å². The first kappa shape index (κ1) is 20.5. The van der Waals surface area contributed by atoms with Crippen molar-refractivity contribution in [3.63, 3.8) is 0 Å². The number of rotatable bonds is 6. The Morgan fingerprint density at radius 1 is 0.966 bits per heavy atom. The van der Waals surface area contributed by atoms with Gasteiger partial charge in [-0.05, 0) is 69.0 Å². The minimum atomic E-state index is -0.270. The number of carbonyl (C=O) groups is 1. The number of hydrogen-bond donors (Lipinski definition) is 2. The number of amides is 1. The average Bonchev–Trinajstić information content (AvgIpc) is 2.65. The summed E-state index contributed by atoms with van der Waals surface area (Å²) in [5, 5.41) is 6.11. The Balaban J connectivity index is 1.69. The molecule has 0 saturated heterocycles. The van der Waals surface area contributed by atoms with Crippen molar-refractivity contribution < 1.29 is 9.18 Å². The highest BCUT2D eigenvalue weighted by Crippen LogP contribution is 2.24. The van der Waals surface area contributed by atoms with Crippen molar-refractivity contribution in [1.29, 1.82) is 0 Å². The molecule has 29 heavy (non-hydrogen) atoms. The predicted molar refractivity (Wildman–Crippen MR) is 113 cm³/mol. The molecule has 0 atom stereocenters. The Morgan fingerprint density at radius 3 is 2.28 bits per heavy atom. The van der Waals surface area contributed by atoms with Crippen molar-refractivity contribution in [2.75, 3.05) is 11.9 Å². The number of aromatic nitrogens is 2. The minimum absolute atomic E-state index is 0.266. The van der Waals surface area contributed by atoms with E-state index in [2.05, 4.69) is 39.7 Å². The third-order valence-electron chi connectivity index (χ3n) is 4.61. The molecule has 0 aliphatic rings. The number of nitrogens with one attached hydrogen (secondary N) is 2. The molecule has 150 valence electrons. The van der Waals surface area contributed by atoms with Gasteiger partial charge in [0.2, 0.25) is 5.95 Å². The maximum absolute atomic E-state index is 13.0. The number of benzene rings is 2. The summed E-state index contributed by atoms with van der Waals surface area (Å²) < 4.78 is 13.0. The Hall–Kier alpha value is -3.28. The van der Waals surface area contributed by atoms with E-state index in [9.17, 15) is 9.18 Å². The zero-order chi connectivity index (χ0) is 21.0. The molecule has 0 aliphatic heterocycles. The van der Waals surface area contributed by atoms with Crippen LogP contribution in [0.15, 0.2) is 42.5 Å². The molecule has 3 aromatic rings. The van der Waals surface area contributed by atoms with E-state index in [1.165, 1.54) is 17.7 Å². The monoisotopic (exact) mass is 392 g/mol. The highest BCUT2D eigenvalue weighted by Gasteiger charge is 2.12. The second-order valence-electron chi connectivity index (χ2n) is 7.25. The van der Waals surface area contributed by atoms with Crippen LogP contribution in [0.4, 0.5) is 16.0 Å². The Kier molecular flexibility index (Phi) is 6.22. The lowest BCUT2D eigenvalue weighted by Gasteiger charge is -2.14. The van der Waals surface area contributed by atoms with Crippen LogP contribution in [0, 0.1) is 33.5 Å². The standard InChI is InChI=1S/C23H25FN4O/c1-14-11-15(2)21(16(3)12-14)28-23-26-17(4)13-20(27-23)22(29)25-10-9-18-5-7-19(24)8-6-18/h5-8,11-13H,9-10H2,1-4H3,(H,25,29)(H,26,27,28). The summed E-state index contributed by atoms with van der Waals surface area (Å²) in [6, 6.07) is 12.1. The van der Waals surface area contributed by atoms with Gasteiger partial charge in [0.05, 0.1) is 0 Å². The molecule has 5 nitrogen and oxygen atoms in total. The summed E-state index contributed by atoms with van der Waals surface area (Å²) in [7, 11) is 0. The van der Waals surface area contributed by atoms with E-state index in [1.807, 2.05) is 20.8 Å². The number of anilines is 2. The van der Waals surface area contributed by atoms with E-state index in [0.717, 1.165) is 22.4 Å². The summed E-state index contributed by atoms with van der Waals surface area (Å²) in [4.78, 5) is 21.3. The molecular weight excluding hydrogens is 367 g/mol. The maximum Gasteiger partial charge on any atom is 0.270 e. The summed E-state index contributed by atoms with van der Waals surface area (Å²) in [5.41, 5.74) is 6.30. The molecule has 0 bridgehead atoms. The number of aryl methyl sites for hydroxylation is 4. The van der Waals surface area contributed by atoms with Gasteiger partial charge in [-0.25, -0.2) is 14.4 Å². The van der Waals surface area contributed by atoms with E-state index in [1.54, 1.807) is 18.2 Å². The van der Waals surface area contributed by atoms with E-state index in [-0.39, 0.29) is 11.7 Å². The van der Waals surface area contributed by atoms with Crippen molar-refractivity contribution in [3.8, 4) is 0 Å². The first-order valence-electron chi connectivity index (χ1n) is 9.55. The van der Waals surface area contributed by atoms with Gasteiger partial charge in [0.15, 0.2) is 0 Å². The third kappa shape index (κ3) is 5.38. The van der Waals surface area contributed by atoms with Gasteiger partial charge in [-0.15, -0.1) is 0 Å². The third-order valence-corrected chi connectivity index (χ3v) is 4.61. The summed E-state index contributed by atoms with van der Waals surface area (Å²) in [6.07, 6.45) is 0.614.